The first-order valence-electron chi connectivity index (χ1n) is 7.50. The van der Waals surface area contributed by atoms with Crippen LogP contribution in [-0.4, -0.2) is 22.6 Å². The van der Waals surface area contributed by atoms with Crippen LogP contribution < -0.4 is 10.6 Å². The smallest absolute Gasteiger partial charge is 0.134 e. The molecule has 0 aliphatic heterocycles. The molecular formula is C15H26N4. The average Bonchev–Trinajstić information content (AvgIpc) is 3.13. The second kappa shape index (κ2) is 6.22. The minimum absolute atomic E-state index is 0.601. The lowest BCUT2D eigenvalue weighted by Crippen LogP contribution is -2.29. The summed E-state index contributed by atoms with van der Waals surface area (Å²) in [5.74, 6) is 3.23. The fraction of sp³-hybridized carbons (Fsp3) is 0.733. The lowest BCUT2D eigenvalue weighted by molar-refractivity contribution is 0.567. The molecular weight excluding hydrogens is 236 g/mol. The van der Waals surface area contributed by atoms with Crippen molar-refractivity contribution in [2.75, 3.05) is 17.2 Å². The molecule has 0 amide bonds. The van der Waals surface area contributed by atoms with E-state index in [9.17, 15) is 0 Å². The molecule has 0 spiro atoms. The van der Waals surface area contributed by atoms with Crippen LogP contribution in [0.3, 0.4) is 0 Å². The van der Waals surface area contributed by atoms with Gasteiger partial charge in [-0.05, 0) is 31.6 Å². The summed E-state index contributed by atoms with van der Waals surface area (Å²) in [5, 5.41) is 0. The first kappa shape index (κ1) is 14.1. The molecule has 1 aromatic rings. The van der Waals surface area contributed by atoms with Gasteiger partial charge in [-0.2, -0.15) is 0 Å². The predicted octanol–water partition coefficient (Wildman–Crippen LogP) is 3.03. The molecule has 1 aliphatic rings. The molecule has 0 unspecified atom stereocenters. The molecule has 19 heavy (non-hydrogen) atoms. The largest absolute Gasteiger partial charge is 0.384 e. The van der Waals surface area contributed by atoms with Crippen molar-refractivity contribution < 1.29 is 0 Å². The van der Waals surface area contributed by atoms with Gasteiger partial charge in [-0.3, -0.25) is 0 Å². The van der Waals surface area contributed by atoms with E-state index in [1.165, 1.54) is 19.3 Å². The highest BCUT2D eigenvalue weighted by atomic mass is 15.2. The van der Waals surface area contributed by atoms with E-state index in [0.29, 0.717) is 11.9 Å². The van der Waals surface area contributed by atoms with Crippen molar-refractivity contribution in [1.82, 2.24) is 9.97 Å². The van der Waals surface area contributed by atoms with Gasteiger partial charge >= 0.3 is 0 Å². The van der Waals surface area contributed by atoms with Gasteiger partial charge in [0.25, 0.3) is 0 Å². The van der Waals surface area contributed by atoms with Gasteiger partial charge < -0.3 is 10.6 Å². The van der Waals surface area contributed by atoms with Crippen molar-refractivity contribution >= 4 is 11.6 Å². The van der Waals surface area contributed by atoms with Crippen molar-refractivity contribution in [2.45, 2.75) is 58.9 Å². The standard InChI is InChI=1S/C15H26N4/c1-4-5-14-17-13(16)10-15(18-14)19(12-6-7-12)9-8-11(2)3/h10-12H,4-9H2,1-3H3,(H2,16,17,18). The summed E-state index contributed by atoms with van der Waals surface area (Å²) in [4.78, 5) is 11.4. The van der Waals surface area contributed by atoms with Crippen molar-refractivity contribution in [2.24, 2.45) is 5.92 Å². The third-order valence-corrected chi connectivity index (χ3v) is 3.48. The number of hydrogen-bond acceptors (Lipinski definition) is 4. The highest BCUT2D eigenvalue weighted by Crippen LogP contribution is 2.31. The molecule has 1 saturated carbocycles. The number of nitrogen functional groups attached to an aromatic ring is 1. The fourth-order valence-corrected chi connectivity index (χ4v) is 2.25. The molecule has 0 saturated heterocycles. The van der Waals surface area contributed by atoms with Crippen LogP contribution in [0.25, 0.3) is 0 Å². The Kier molecular flexibility index (Phi) is 4.61. The van der Waals surface area contributed by atoms with Crippen molar-refractivity contribution in [1.29, 1.82) is 0 Å². The molecule has 4 nitrogen and oxygen atoms in total. The third-order valence-electron chi connectivity index (χ3n) is 3.48. The summed E-state index contributed by atoms with van der Waals surface area (Å²) in [6.45, 7) is 7.75. The first-order valence-corrected chi connectivity index (χ1v) is 7.50. The van der Waals surface area contributed by atoms with Crippen molar-refractivity contribution in [3.05, 3.63) is 11.9 Å². The Bertz CT molecular complexity index is 413. The average molecular weight is 262 g/mol. The molecule has 4 heteroatoms. The number of nitrogens with two attached hydrogens (primary N) is 1. The monoisotopic (exact) mass is 262 g/mol. The Morgan fingerprint density at radius 2 is 2.11 bits per heavy atom. The van der Waals surface area contributed by atoms with Gasteiger partial charge in [-0.1, -0.05) is 20.8 Å². The predicted molar refractivity (Wildman–Crippen MR) is 80.3 cm³/mol. The third kappa shape index (κ3) is 4.08. The van der Waals surface area contributed by atoms with Crippen LogP contribution in [0.5, 0.6) is 0 Å². The van der Waals surface area contributed by atoms with Gasteiger partial charge in [0.05, 0.1) is 0 Å². The number of rotatable bonds is 7. The fourth-order valence-electron chi connectivity index (χ4n) is 2.25. The zero-order valence-electron chi connectivity index (χ0n) is 12.4. The van der Waals surface area contributed by atoms with Crippen LogP contribution in [0, 0.1) is 5.92 Å². The number of aromatic nitrogens is 2. The van der Waals surface area contributed by atoms with Crippen LogP contribution in [0.2, 0.25) is 0 Å². The van der Waals surface area contributed by atoms with E-state index in [0.717, 1.165) is 36.9 Å². The second-order valence-corrected chi connectivity index (χ2v) is 5.92. The molecule has 0 bridgehead atoms. The highest BCUT2D eigenvalue weighted by molar-refractivity contribution is 5.48. The van der Waals surface area contributed by atoms with E-state index in [-0.39, 0.29) is 0 Å². The summed E-state index contributed by atoms with van der Waals surface area (Å²) in [6.07, 6.45) is 5.72. The Morgan fingerprint density at radius 1 is 1.37 bits per heavy atom. The van der Waals surface area contributed by atoms with Gasteiger partial charge in [0.2, 0.25) is 0 Å². The molecule has 2 N–H and O–H groups in total. The van der Waals surface area contributed by atoms with E-state index < -0.39 is 0 Å². The Labute approximate surface area is 116 Å². The van der Waals surface area contributed by atoms with E-state index in [2.05, 4.69) is 30.7 Å². The summed E-state index contributed by atoms with van der Waals surface area (Å²) in [5.41, 5.74) is 5.93. The molecule has 2 rings (SSSR count). The highest BCUT2D eigenvalue weighted by Gasteiger charge is 2.30. The van der Waals surface area contributed by atoms with Crippen molar-refractivity contribution in [3.63, 3.8) is 0 Å². The van der Waals surface area contributed by atoms with E-state index in [1.807, 2.05) is 6.07 Å². The van der Waals surface area contributed by atoms with Gasteiger partial charge in [0.1, 0.15) is 17.5 Å². The summed E-state index contributed by atoms with van der Waals surface area (Å²) < 4.78 is 0. The van der Waals surface area contributed by atoms with Gasteiger partial charge in [0, 0.05) is 25.1 Å². The normalized spacial score (nSPS) is 14.9. The molecule has 106 valence electrons. The first-order chi connectivity index (χ1) is 9.10. The SMILES string of the molecule is CCCc1nc(N)cc(N(CCC(C)C)C2CC2)n1. The molecule has 1 aliphatic carbocycles. The van der Waals surface area contributed by atoms with Crippen molar-refractivity contribution in [3.8, 4) is 0 Å². The van der Waals surface area contributed by atoms with Gasteiger partial charge in [-0.25, -0.2) is 9.97 Å². The maximum Gasteiger partial charge on any atom is 0.134 e. The van der Waals surface area contributed by atoms with Crippen LogP contribution in [0.4, 0.5) is 11.6 Å². The number of aryl methyl sites for hydroxylation is 1. The van der Waals surface area contributed by atoms with Gasteiger partial charge in [-0.15, -0.1) is 0 Å². The quantitative estimate of drug-likeness (QED) is 0.820. The van der Waals surface area contributed by atoms with Gasteiger partial charge in [0.15, 0.2) is 0 Å². The number of hydrogen-bond donors (Lipinski definition) is 1. The minimum Gasteiger partial charge on any atom is -0.384 e. The second-order valence-electron chi connectivity index (χ2n) is 5.92. The maximum absolute atomic E-state index is 5.93. The van der Waals surface area contributed by atoms with Crippen LogP contribution >= 0.6 is 0 Å². The van der Waals surface area contributed by atoms with Crippen LogP contribution in [-0.2, 0) is 6.42 Å². The molecule has 0 aromatic carbocycles. The summed E-state index contributed by atoms with van der Waals surface area (Å²) in [7, 11) is 0. The van der Waals surface area contributed by atoms with Crippen LogP contribution in [0.15, 0.2) is 6.07 Å². The van der Waals surface area contributed by atoms with E-state index in [4.69, 9.17) is 10.7 Å². The Morgan fingerprint density at radius 3 is 2.68 bits per heavy atom. The Hall–Kier alpha value is -1.32. The zero-order valence-corrected chi connectivity index (χ0v) is 12.4. The van der Waals surface area contributed by atoms with E-state index >= 15 is 0 Å². The van der Waals surface area contributed by atoms with E-state index in [1.54, 1.807) is 0 Å². The summed E-state index contributed by atoms with van der Waals surface area (Å²) >= 11 is 0. The molecule has 1 heterocycles. The Balaban J connectivity index is 2.15. The maximum atomic E-state index is 5.93. The zero-order chi connectivity index (χ0) is 13.8. The molecule has 1 fully saturated rings. The topological polar surface area (TPSA) is 55.0 Å². The minimum atomic E-state index is 0.601. The lowest BCUT2D eigenvalue weighted by atomic mass is 10.1. The molecule has 1 aromatic heterocycles. The number of nitrogens with zero attached hydrogens (tertiary/aromatic N) is 3. The summed E-state index contributed by atoms with van der Waals surface area (Å²) in [6, 6.07) is 2.60. The molecule has 0 radical (unpaired) electrons. The van der Waals surface area contributed by atoms with Crippen LogP contribution in [0.1, 0.15) is 52.3 Å². The number of anilines is 2. The molecule has 0 atom stereocenters. The lowest BCUT2D eigenvalue weighted by Gasteiger charge is -2.25.